The van der Waals surface area contributed by atoms with E-state index in [2.05, 4.69) is 13.0 Å². The second-order valence-corrected chi connectivity index (χ2v) is 5.67. The molecule has 96 valence electrons. The molecule has 0 heterocycles. The van der Waals surface area contributed by atoms with Gasteiger partial charge in [-0.25, -0.2) is 0 Å². The van der Waals surface area contributed by atoms with Crippen LogP contribution in [0.25, 0.3) is 10.8 Å². The van der Waals surface area contributed by atoms with E-state index in [1.807, 2.05) is 36.0 Å². The van der Waals surface area contributed by atoms with Crippen molar-refractivity contribution in [2.75, 3.05) is 5.75 Å². The molecule has 2 aromatic rings. The minimum Gasteiger partial charge on any atom is -0.507 e. The van der Waals surface area contributed by atoms with Crippen molar-refractivity contribution in [3.05, 3.63) is 36.4 Å². The lowest BCUT2D eigenvalue weighted by molar-refractivity contribution is 0.481. The number of aromatic hydroxyl groups is 1. The highest BCUT2D eigenvalue weighted by Crippen LogP contribution is 2.33. The molecule has 0 unspecified atom stereocenters. The number of benzene rings is 2. The Hall–Kier alpha value is -1.15. The fourth-order valence-corrected chi connectivity index (χ4v) is 3.16. The van der Waals surface area contributed by atoms with Crippen LogP contribution in [0, 0.1) is 0 Å². The van der Waals surface area contributed by atoms with E-state index < -0.39 is 0 Å². The highest BCUT2D eigenvalue weighted by molar-refractivity contribution is 7.99. The first-order valence-electron chi connectivity index (χ1n) is 6.66. The highest BCUT2D eigenvalue weighted by Gasteiger charge is 2.04. The number of rotatable bonds is 6. The molecular weight excluding hydrogens is 240 g/mol. The maximum absolute atomic E-state index is 9.83. The van der Waals surface area contributed by atoms with Crippen LogP contribution in [0.1, 0.15) is 32.6 Å². The first-order chi connectivity index (χ1) is 8.83. The van der Waals surface area contributed by atoms with Crippen LogP contribution in [0.4, 0.5) is 0 Å². The monoisotopic (exact) mass is 260 g/mol. The number of thioether (sulfide) groups is 1. The largest absolute Gasteiger partial charge is 0.507 e. The van der Waals surface area contributed by atoms with Gasteiger partial charge in [-0.3, -0.25) is 0 Å². The Morgan fingerprint density at radius 3 is 2.50 bits per heavy atom. The third-order valence-corrected chi connectivity index (χ3v) is 4.28. The molecule has 0 aliphatic carbocycles. The van der Waals surface area contributed by atoms with Crippen LogP contribution in [0.5, 0.6) is 5.75 Å². The second-order valence-electron chi connectivity index (χ2n) is 4.54. The summed E-state index contributed by atoms with van der Waals surface area (Å²) in [5, 5.41) is 11.9. The van der Waals surface area contributed by atoms with Crippen LogP contribution in [-0.4, -0.2) is 10.9 Å². The fourth-order valence-electron chi connectivity index (χ4n) is 2.09. The van der Waals surface area contributed by atoms with Crippen LogP contribution >= 0.6 is 11.8 Å². The summed E-state index contributed by atoms with van der Waals surface area (Å²) in [5.74, 6) is 1.54. The average Bonchev–Trinajstić information content (AvgIpc) is 2.41. The van der Waals surface area contributed by atoms with Gasteiger partial charge >= 0.3 is 0 Å². The zero-order valence-electron chi connectivity index (χ0n) is 10.9. The van der Waals surface area contributed by atoms with Crippen molar-refractivity contribution in [1.82, 2.24) is 0 Å². The summed E-state index contributed by atoms with van der Waals surface area (Å²) in [4.78, 5) is 1.28. The van der Waals surface area contributed by atoms with E-state index in [1.165, 1.54) is 30.6 Å². The average molecular weight is 260 g/mol. The van der Waals surface area contributed by atoms with Crippen LogP contribution in [-0.2, 0) is 0 Å². The molecule has 2 rings (SSSR count). The van der Waals surface area contributed by atoms with Crippen molar-refractivity contribution >= 4 is 22.5 Å². The molecule has 0 aliphatic rings. The summed E-state index contributed by atoms with van der Waals surface area (Å²) in [6.07, 6.45) is 5.21. The molecule has 0 fully saturated rings. The van der Waals surface area contributed by atoms with E-state index in [1.54, 1.807) is 6.07 Å². The van der Waals surface area contributed by atoms with E-state index in [0.717, 1.165) is 16.5 Å². The summed E-state index contributed by atoms with van der Waals surface area (Å²) in [6.45, 7) is 2.24. The topological polar surface area (TPSA) is 20.2 Å². The lowest BCUT2D eigenvalue weighted by atomic mass is 10.1. The number of phenolic OH excluding ortho intramolecular Hbond substituents is 1. The third-order valence-electron chi connectivity index (χ3n) is 3.12. The van der Waals surface area contributed by atoms with Gasteiger partial charge in [0, 0.05) is 10.3 Å². The summed E-state index contributed by atoms with van der Waals surface area (Å²) in [7, 11) is 0. The quantitative estimate of drug-likeness (QED) is 0.567. The summed E-state index contributed by atoms with van der Waals surface area (Å²) in [6, 6.07) is 11.9. The van der Waals surface area contributed by atoms with Crippen LogP contribution in [0.2, 0.25) is 0 Å². The molecule has 0 aliphatic heterocycles. The molecule has 0 saturated carbocycles. The van der Waals surface area contributed by atoms with E-state index in [-0.39, 0.29) is 0 Å². The van der Waals surface area contributed by atoms with Gasteiger partial charge in [-0.05, 0) is 29.7 Å². The van der Waals surface area contributed by atoms with Crippen molar-refractivity contribution in [2.24, 2.45) is 0 Å². The lowest BCUT2D eigenvalue weighted by Crippen LogP contribution is -1.83. The van der Waals surface area contributed by atoms with E-state index >= 15 is 0 Å². The van der Waals surface area contributed by atoms with Crippen molar-refractivity contribution < 1.29 is 5.11 Å². The Balaban J connectivity index is 2.07. The summed E-state index contributed by atoms with van der Waals surface area (Å²) >= 11 is 1.90. The van der Waals surface area contributed by atoms with Gasteiger partial charge in [0.25, 0.3) is 0 Å². The van der Waals surface area contributed by atoms with Gasteiger partial charge in [-0.2, -0.15) is 0 Å². The molecule has 1 nitrogen and oxygen atoms in total. The van der Waals surface area contributed by atoms with Crippen LogP contribution < -0.4 is 0 Å². The van der Waals surface area contributed by atoms with E-state index in [0.29, 0.717) is 5.75 Å². The minimum absolute atomic E-state index is 0.376. The molecule has 0 bridgehead atoms. The van der Waals surface area contributed by atoms with Gasteiger partial charge < -0.3 is 5.11 Å². The molecule has 2 heteroatoms. The predicted octanol–water partition coefficient (Wildman–Crippen LogP) is 5.22. The number of hydrogen-bond donors (Lipinski definition) is 1. The molecular formula is C16H20OS. The van der Waals surface area contributed by atoms with Crippen molar-refractivity contribution in [1.29, 1.82) is 0 Å². The number of phenols is 1. The maximum atomic E-state index is 9.83. The smallest absolute Gasteiger partial charge is 0.123 e. The minimum atomic E-state index is 0.376. The number of fused-ring (bicyclic) bond motifs is 1. The lowest BCUT2D eigenvalue weighted by Gasteiger charge is -2.07. The molecule has 0 aromatic heterocycles. The zero-order chi connectivity index (χ0) is 12.8. The molecule has 0 saturated heterocycles. The Morgan fingerprint density at radius 2 is 1.72 bits per heavy atom. The predicted molar refractivity (Wildman–Crippen MR) is 80.5 cm³/mol. The molecule has 0 amide bonds. The summed E-state index contributed by atoms with van der Waals surface area (Å²) in [5.41, 5.74) is 0. The molecule has 0 spiro atoms. The van der Waals surface area contributed by atoms with Crippen molar-refractivity contribution in [3.8, 4) is 5.75 Å². The van der Waals surface area contributed by atoms with Gasteiger partial charge in [0.2, 0.25) is 0 Å². The van der Waals surface area contributed by atoms with Gasteiger partial charge in [0.1, 0.15) is 5.75 Å². The SMILES string of the molecule is CCCCCCSc1ccc(O)c2ccccc12. The van der Waals surface area contributed by atoms with Gasteiger partial charge in [-0.15, -0.1) is 11.8 Å². The van der Waals surface area contributed by atoms with Crippen molar-refractivity contribution in [2.45, 2.75) is 37.5 Å². The van der Waals surface area contributed by atoms with Gasteiger partial charge in [0.05, 0.1) is 0 Å². The Morgan fingerprint density at radius 1 is 0.944 bits per heavy atom. The fraction of sp³-hybridized carbons (Fsp3) is 0.375. The van der Waals surface area contributed by atoms with Gasteiger partial charge in [-0.1, -0.05) is 50.5 Å². The normalized spacial score (nSPS) is 10.9. The molecule has 0 radical (unpaired) electrons. The second kappa shape index (κ2) is 6.69. The number of hydrogen-bond acceptors (Lipinski definition) is 2. The van der Waals surface area contributed by atoms with Gasteiger partial charge in [0.15, 0.2) is 0 Å². The number of unbranched alkanes of at least 4 members (excludes halogenated alkanes) is 3. The first-order valence-corrected chi connectivity index (χ1v) is 7.65. The highest BCUT2D eigenvalue weighted by atomic mass is 32.2. The van der Waals surface area contributed by atoms with E-state index in [9.17, 15) is 5.11 Å². The molecule has 2 aromatic carbocycles. The summed E-state index contributed by atoms with van der Waals surface area (Å²) < 4.78 is 0. The standard InChI is InChI=1S/C16H20OS/c1-2-3-4-7-12-18-16-11-10-15(17)13-8-5-6-9-14(13)16/h5-6,8-11,17H,2-4,7,12H2,1H3. The third kappa shape index (κ3) is 3.20. The zero-order valence-corrected chi connectivity index (χ0v) is 11.7. The Labute approximate surface area is 113 Å². The molecule has 18 heavy (non-hydrogen) atoms. The van der Waals surface area contributed by atoms with Crippen LogP contribution in [0.3, 0.4) is 0 Å². The van der Waals surface area contributed by atoms with Crippen LogP contribution in [0.15, 0.2) is 41.3 Å². The maximum Gasteiger partial charge on any atom is 0.123 e. The van der Waals surface area contributed by atoms with Crippen molar-refractivity contribution in [3.63, 3.8) is 0 Å². The van der Waals surface area contributed by atoms with E-state index in [4.69, 9.17) is 0 Å². The first kappa shape index (κ1) is 13.3. The Bertz CT molecular complexity index is 507. The molecule has 0 atom stereocenters. The molecule has 1 N–H and O–H groups in total. The Kier molecular flexibility index (Phi) is 4.94.